The quantitative estimate of drug-likeness (QED) is 0.552. The van der Waals surface area contributed by atoms with Gasteiger partial charge in [-0.2, -0.15) is 0 Å². The molecule has 0 unspecified atom stereocenters. The molecular weight excluding hydrogens is 324 g/mol. The first-order chi connectivity index (χ1) is 12.8. The van der Waals surface area contributed by atoms with E-state index >= 15 is 0 Å². The zero-order chi connectivity index (χ0) is 18.2. The van der Waals surface area contributed by atoms with Crippen LogP contribution in [-0.4, -0.2) is 24.9 Å². The van der Waals surface area contributed by atoms with E-state index in [0.717, 1.165) is 18.8 Å². The molecule has 0 amide bonds. The lowest BCUT2D eigenvalue weighted by atomic mass is 10.0. The molecule has 1 saturated carbocycles. The largest absolute Gasteiger partial charge is 0.485 e. The average molecular weight is 354 g/mol. The van der Waals surface area contributed by atoms with E-state index in [2.05, 4.69) is 26.0 Å². The molecule has 0 saturated heterocycles. The van der Waals surface area contributed by atoms with E-state index in [9.17, 15) is 0 Å². The van der Waals surface area contributed by atoms with Gasteiger partial charge in [-0.25, -0.2) is 0 Å². The molecule has 0 radical (unpaired) electrons. The summed E-state index contributed by atoms with van der Waals surface area (Å²) >= 11 is 0. The molecular formula is C23H30O3. The van der Waals surface area contributed by atoms with Crippen molar-refractivity contribution in [2.75, 3.05) is 6.61 Å². The van der Waals surface area contributed by atoms with E-state index in [1.807, 2.05) is 48.5 Å². The Bertz CT molecular complexity index is 624. The first-order valence-electron chi connectivity index (χ1n) is 9.76. The van der Waals surface area contributed by atoms with E-state index in [1.54, 1.807) is 0 Å². The number of ether oxygens (including phenoxy) is 3. The van der Waals surface area contributed by atoms with E-state index < -0.39 is 0 Å². The Morgan fingerprint density at radius 3 is 2.19 bits per heavy atom. The van der Waals surface area contributed by atoms with Gasteiger partial charge in [0, 0.05) is 6.61 Å². The molecule has 3 rings (SSSR count). The van der Waals surface area contributed by atoms with E-state index in [1.165, 1.54) is 18.4 Å². The molecule has 0 heterocycles. The van der Waals surface area contributed by atoms with Gasteiger partial charge in [-0.05, 0) is 49.8 Å². The maximum atomic E-state index is 6.38. The van der Waals surface area contributed by atoms with Gasteiger partial charge in [-0.15, -0.1) is 0 Å². The molecule has 0 aliphatic heterocycles. The second-order valence-electron chi connectivity index (χ2n) is 7.07. The van der Waals surface area contributed by atoms with Crippen molar-refractivity contribution in [2.24, 2.45) is 5.92 Å². The monoisotopic (exact) mass is 354 g/mol. The predicted molar refractivity (Wildman–Crippen MR) is 104 cm³/mol. The van der Waals surface area contributed by atoms with Crippen LogP contribution in [0.3, 0.4) is 0 Å². The number of para-hydroxylation sites is 1. The molecule has 1 aliphatic carbocycles. The van der Waals surface area contributed by atoms with Crippen LogP contribution in [0.15, 0.2) is 60.7 Å². The summed E-state index contributed by atoms with van der Waals surface area (Å²) in [6, 6.07) is 20.3. The topological polar surface area (TPSA) is 27.7 Å². The number of hydrogen-bond acceptors (Lipinski definition) is 3. The van der Waals surface area contributed by atoms with Crippen LogP contribution >= 0.6 is 0 Å². The fraction of sp³-hybridized carbons (Fsp3) is 0.478. The number of hydrogen-bond donors (Lipinski definition) is 0. The molecule has 140 valence electrons. The first kappa shape index (κ1) is 18.9. The van der Waals surface area contributed by atoms with E-state index in [0.29, 0.717) is 12.5 Å². The highest BCUT2D eigenvalue weighted by Crippen LogP contribution is 2.38. The van der Waals surface area contributed by atoms with E-state index in [-0.39, 0.29) is 18.3 Å². The molecule has 0 spiro atoms. The summed E-state index contributed by atoms with van der Waals surface area (Å²) in [6.45, 7) is 5.59. The second-order valence-corrected chi connectivity index (χ2v) is 7.07. The third-order valence-corrected chi connectivity index (χ3v) is 4.76. The Hall–Kier alpha value is -1.84. The summed E-state index contributed by atoms with van der Waals surface area (Å²) in [5.41, 5.74) is 1.18. The Morgan fingerprint density at radius 1 is 0.923 bits per heavy atom. The third kappa shape index (κ3) is 5.58. The smallest absolute Gasteiger partial charge is 0.151 e. The molecule has 2 aromatic rings. The van der Waals surface area contributed by atoms with Crippen LogP contribution in [0.5, 0.6) is 5.75 Å². The predicted octanol–water partition coefficient (Wildman–Crippen LogP) is 5.24. The van der Waals surface area contributed by atoms with Gasteiger partial charge in [0.2, 0.25) is 0 Å². The molecule has 1 fully saturated rings. The van der Waals surface area contributed by atoms with Crippen LogP contribution in [0.2, 0.25) is 0 Å². The van der Waals surface area contributed by atoms with Crippen molar-refractivity contribution < 1.29 is 14.2 Å². The molecule has 2 aromatic carbocycles. The van der Waals surface area contributed by atoms with Crippen LogP contribution in [0.25, 0.3) is 0 Å². The van der Waals surface area contributed by atoms with Gasteiger partial charge < -0.3 is 14.2 Å². The zero-order valence-electron chi connectivity index (χ0n) is 15.8. The molecule has 1 aliphatic rings. The number of benzene rings is 2. The zero-order valence-corrected chi connectivity index (χ0v) is 15.8. The molecule has 3 atom stereocenters. The molecule has 0 N–H and O–H groups in total. The molecule has 3 nitrogen and oxygen atoms in total. The fourth-order valence-corrected chi connectivity index (χ4v) is 3.16. The van der Waals surface area contributed by atoms with Crippen molar-refractivity contribution in [1.29, 1.82) is 0 Å². The Kier molecular flexibility index (Phi) is 7.10. The van der Waals surface area contributed by atoms with Gasteiger partial charge >= 0.3 is 0 Å². The fourth-order valence-electron chi connectivity index (χ4n) is 3.16. The first-order valence-corrected chi connectivity index (χ1v) is 9.76. The van der Waals surface area contributed by atoms with Crippen molar-refractivity contribution in [1.82, 2.24) is 0 Å². The van der Waals surface area contributed by atoms with Gasteiger partial charge in [0.25, 0.3) is 0 Å². The Balaban J connectivity index is 1.70. The van der Waals surface area contributed by atoms with Gasteiger partial charge in [0.15, 0.2) is 6.10 Å². The highest BCUT2D eigenvalue weighted by atomic mass is 16.6. The van der Waals surface area contributed by atoms with Crippen molar-refractivity contribution in [2.45, 2.75) is 58.0 Å². The summed E-state index contributed by atoms with van der Waals surface area (Å²) in [7, 11) is 0. The second kappa shape index (κ2) is 9.75. The minimum atomic E-state index is -0.111. The summed E-state index contributed by atoms with van der Waals surface area (Å²) < 4.78 is 18.8. The summed E-state index contributed by atoms with van der Waals surface area (Å²) in [4.78, 5) is 0. The van der Waals surface area contributed by atoms with Gasteiger partial charge in [-0.3, -0.25) is 0 Å². The molecule has 3 heteroatoms. The normalized spacial score (nSPS) is 17.5. The van der Waals surface area contributed by atoms with Crippen LogP contribution in [0, 0.1) is 5.92 Å². The summed E-state index contributed by atoms with van der Waals surface area (Å²) in [5.74, 6) is 1.46. The minimum Gasteiger partial charge on any atom is -0.485 e. The van der Waals surface area contributed by atoms with Gasteiger partial charge in [0.05, 0.1) is 18.8 Å². The number of rotatable bonds is 11. The van der Waals surface area contributed by atoms with Crippen molar-refractivity contribution in [3.05, 3.63) is 66.2 Å². The van der Waals surface area contributed by atoms with Gasteiger partial charge in [-0.1, -0.05) is 55.5 Å². The van der Waals surface area contributed by atoms with Gasteiger partial charge in [0.1, 0.15) is 5.75 Å². The molecule has 0 bridgehead atoms. The van der Waals surface area contributed by atoms with Crippen LogP contribution < -0.4 is 4.74 Å². The maximum absolute atomic E-state index is 6.38. The SMILES string of the molecule is CCCO[C@@H](C1CC1)[C@@H](Oc1ccccc1)[C@H](C)OCc1ccccc1. The Morgan fingerprint density at radius 2 is 1.58 bits per heavy atom. The maximum Gasteiger partial charge on any atom is 0.151 e. The highest BCUT2D eigenvalue weighted by Gasteiger charge is 2.41. The summed E-state index contributed by atoms with van der Waals surface area (Å²) in [5, 5.41) is 0. The molecule has 26 heavy (non-hydrogen) atoms. The average Bonchev–Trinajstić information content (AvgIpc) is 3.52. The summed E-state index contributed by atoms with van der Waals surface area (Å²) in [6.07, 6.45) is 3.36. The van der Waals surface area contributed by atoms with Crippen molar-refractivity contribution in [3.63, 3.8) is 0 Å². The van der Waals surface area contributed by atoms with Crippen LogP contribution in [0.4, 0.5) is 0 Å². The van der Waals surface area contributed by atoms with Crippen LogP contribution in [0.1, 0.15) is 38.7 Å². The molecule has 0 aromatic heterocycles. The van der Waals surface area contributed by atoms with Crippen molar-refractivity contribution >= 4 is 0 Å². The lowest BCUT2D eigenvalue weighted by Gasteiger charge is -2.32. The van der Waals surface area contributed by atoms with Crippen molar-refractivity contribution in [3.8, 4) is 5.75 Å². The van der Waals surface area contributed by atoms with Crippen LogP contribution in [-0.2, 0) is 16.1 Å². The minimum absolute atomic E-state index is 0.0575. The van der Waals surface area contributed by atoms with E-state index in [4.69, 9.17) is 14.2 Å². The lowest BCUT2D eigenvalue weighted by Crippen LogP contribution is -2.45. The standard InChI is InChI=1S/C23H30O3/c1-3-16-24-23(20-14-15-20)22(26-21-12-8-5-9-13-21)18(2)25-17-19-10-6-4-7-11-19/h4-13,18,20,22-23H,3,14-17H2,1-2H3/t18-,22-,23-/m0/s1. The highest BCUT2D eigenvalue weighted by molar-refractivity contribution is 5.22. The lowest BCUT2D eigenvalue weighted by molar-refractivity contribution is -0.105. The third-order valence-electron chi connectivity index (χ3n) is 4.76. The Labute approximate surface area is 157 Å².